The molecular formula is C22H24N4O2. The molecule has 0 saturated carbocycles. The Balaban J connectivity index is 1.81. The number of para-hydroxylation sites is 3. The molecule has 0 unspecified atom stereocenters. The van der Waals surface area contributed by atoms with Crippen molar-refractivity contribution in [2.45, 2.75) is 27.2 Å². The number of hydrogen-bond acceptors (Lipinski definition) is 5. The number of aryl methyl sites for hydroxylation is 2. The Morgan fingerprint density at radius 2 is 1.89 bits per heavy atom. The second-order valence-electron chi connectivity index (χ2n) is 6.24. The Bertz CT molecular complexity index is 972. The SMILES string of the molecule is CCOc1ccccc1Nc1nccc(C(=O)Nc2c(C)cccc2CC)n1. The first kappa shape index (κ1) is 19.4. The molecule has 0 aliphatic carbocycles. The summed E-state index contributed by atoms with van der Waals surface area (Å²) in [7, 11) is 0. The van der Waals surface area contributed by atoms with Gasteiger partial charge >= 0.3 is 0 Å². The maximum atomic E-state index is 12.8. The Morgan fingerprint density at radius 1 is 1.07 bits per heavy atom. The third-order valence-electron chi connectivity index (χ3n) is 4.30. The van der Waals surface area contributed by atoms with E-state index >= 15 is 0 Å². The lowest BCUT2D eigenvalue weighted by Crippen LogP contribution is -2.16. The van der Waals surface area contributed by atoms with Gasteiger partial charge in [0, 0.05) is 11.9 Å². The largest absolute Gasteiger partial charge is 0.492 e. The molecule has 1 heterocycles. The maximum absolute atomic E-state index is 12.8. The van der Waals surface area contributed by atoms with E-state index in [0.29, 0.717) is 18.3 Å². The minimum Gasteiger partial charge on any atom is -0.492 e. The van der Waals surface area contributed by atoms with Gasteiger partial charge in [-0.05, 0) is 49.6 Å². The number of carbonyl (C=O) groups is 1. The van der Waals surface area contributed by atoms with E-state index in [4.69, 9.17) is 4.74 Å². The Morgan fingerprint density at radius 3 is 2.68 bits per heavy atom. The van der Waals surface area contributed by atoms with E-state index in [0.717, 1.165) is 28.9 Å². The molecule has 0 aliphatic rings. The summed E-state index contributed by atoms with van der Waals surface area (Å²) >= 11 is 0. The first-order chi connectivity index (χ1) is 13.6. The van der Waals surface area contributed by atoms with Crippen molar-refractivity contribution in [2.24, 2.45) is 0 Å². The van der Waals surface area contributed by atoms with Crippen molar-refractivity contribution in [3.63, 3.8) is 0 Å². The van der Waals surface area contributed by atoms with Crippen molar-refractivity contribution in [3.05, 3.63) is 71.5 Å². The zero-order valence-corrected chi connectivity index (χ0v) is 16.3. The highest BCUT2D eigenvalue weighted by Gasteiger charge is 2.13. The third kappa shape index (κ3) is 4.46. The van der Waals surface area contributed by atoms with Crippen molar-refractivity contribution < 1.29 is 9.53 Å². The van der Waals surface area contributed by atoms with Crippen LogP contribution in [-0.2, 0) is 6.42 Å². The molecule has 6 nitrogen and oxygen atoms in total. The quantitative estimate of drug-likeness (QED) is 0.623. The summed E-state index contributed by atoms with van der Waals surface area (Å²) in [6.45, 7) is 6.52. The van der Waals surface area contributed by atoms with E-state index in [1.54, 1.807) is 12.3 Å². The zero-order chi connectivity index (χ0) is 19.9. The van der Waals surface area contributed by atoms with Crippen molar-refractivity contribution in [1.29, 1.82) is 0 Å². The van der Waals surface area contributed by atoms with Crippen molar-refractivity contribution >= 4 is 23.2 Å². The molecule has 2 N–H and O–H groups in total. The van der Waals surface area contributed by atoms with E-state index in [9.17, 15) is 4.79 Å². The molecule has 28 heavy (non-hydrogen) atoms. The van der Waals surface area contributed by atoms with Crippen LogP contribution >= 0.6 is 0 Å². The van der Waals surface area contributed by atoms with Crippen LogP contribution in [-0.4, -0.2) is 22.5 Å². The van der Waals surface area contributed by atoms with Gasteiger partial charge < -0.3 is 15.4 Å². The van der Waals surface area contributed by atoms with Crippen LogP contribution in [0.4, 0.5) is 17.3 Å². The number of rotatable bonds is 7. The van der Waals surface area contributed by atoms with Gasteiger partial charge in [0.25, 0.3) is 5.91 Å². The van der Waals surface area contributed by atoms with E-state index in [-0.39, 0.29) is 11.6 Å². The smallest absolute Gasteiger partial charge is 0.274 e. The summed E-state index contributed by atoms with van der Waals surface area (Å²) in [6.07, 6.45) is 2.40. The van der Waals surface area contributed by atoms with Crippen LogP contribution in [0.5, 0.6) is 5.75 Å². The number of anilines is 3. The van der Waals surface area contributed by atoms with Crippen molar-refractivity contribution in [3.8, 4) is 5.75 Å². The van der Waals surface area contributed by atoms with Crippen LogP contribution in [0, 0.1) is 6.92 Å². The number of aromatic nitrogens is 2. The van der Waals surface area contributed by atoms with Gasteiger partial charge in [0.1, 0.15) is 11.4 Å². The number of nitrogens with zero attached hydrogens (tertiary/aromatic N) is 2. The lowest BCUT2D eigenvalue weighted by atomic mass is 10.1. The van der Waals surface area contributed by atoms with Crippen LogP contribution < -0.4 is 15.4 Å². The molecule has 0 aliphatic heterocycles. The average Bonchev–Trinajstić information content (AvgIpc) is 2.71. The summed E-state index contributed by atoms with van der Waals surface area (Å²) < 4.78 is 5.61. The monoisotopic (exact) mass is 376 g/mol. The predicted molar refractivity (Wildman–Crippen MR) is 111 cm³/mol. The van der Waals surface area contributed by atoms with Crippen LogP contribution in [0.25, 0.3) is 0 Å². The highest BCUT2D eigenvalue weighted by Crippen LogP contribution is 2.26. The minimum atomic E-state index is -0.271. The van der Waals surface area contributed by atoms with E-state index in [2.05, 4.69) is 27.5 Å². The number of benzene rings is 2. The fraction of sp³-hybridized carbons (Fsp3) is 0.227. The second-order valence-corrected chi connectivity index (χ2v) is 6.24. The third-order valence-corrected chi connectivity index (χ3v) is 4.30. The van der Waals surface area contributed by atoms with Crippen LogP contribution in [0.1, 0.15) is 35.5 Å². The van der Waals surface area contributed by atoms with Gasteiger partial charge in [0.05, 0.1) is 12.3 Å². The highest BCUT2D eigenvalue weighted by atomic mass is 16.5. The molecule has 0 saturated heterocycles. The average molecular weight is 376 g/mol. The number of hydrogen-bond donors (Lipinski definition) is 2. The van der Waals surface area contributed by atoms with Gasteiger partial charge in [-0.3, -0.25) is 4.79 Å². The van der Waals surface area contributed by atoms with E-state index in [1.807, 2.05) is 56.3 Å². The minimum absolute atomic E-state index is 0.271. The van der Waals surface area contributed by atoms with Gasteiger partial charge in [-0.2, -0.15) is 0 Å². The van der Waals surface area contributed by atoms with Gasteiger partial charge in [-0.25, -0.2) is 9.97 Å². The molecule has 0 fully saturated rings. The van der Waals surface area contributed by atoms with Crippen molar-refractivity contribution in [2.75, 3.05) is 17.2 Å². The fourth-order valence-corrected chi connectivity index (χ4v) is 2.90. The predicted octanol–water partition coefficient (Wildman–Crippen LogP) is 4.74. The number of carbonyl (C=O) groups excluding carboxylic acids is 1. The first-order valence-electron chi connectivity index (χ1n) is 9.34. The normalized spacial score (nSPS) is 10.4. The number of amides is 1. The summed E-state index contributed by atoms with van der Waals surface area (Å²) in [4.78, 5) is 21.3. The molecule has 1 aromatic heterocycles. The standard InChI is InChI=1S/C22H24N4O2/c1-4-16-10-8-9-15(3)20(16)26-21(27)18-13-14-23-22(25-18)24-17-11-6-7-12-19(17)28-5-2/h6-14H,4-5H2,1-3H3,(H,26,27)(H,23,24,25). The zero-order valence-electron chi connectivity index (χ0n) is 16.3. The van der Waals surface area contributed by atoms with Crippen molar-refractivity contribution in [1.82, 2.24) is 9.97 Å². The molecule has 1 amide bonds. The number of nitrogens with one attached hydrogen (secondary N) is 2. The maximum Gasteiger partial charge on any atom is 0.274 e. The van der Waals surface area contributed by atoms with Gasteiger partial charge in [-0.1, -0.05) is 37.3 Å². The molecule has 2 aromatic carbocycles. The molecule has 0 bridgehead atoms. The van der Waals surface area contributed by atoms with E-state index < -0.39 is 0 Å². The summed E-state index contributed by atoms with van der Waals surface area (Å²) in [5.41, 5.74) is 3.98. The first-order valence-corrected chi connectivity index (χ1v) is 9.34. The summed E-state index contributed by atoms with van der Waals surface area (Å²) in [5.74, 6) is 0.767. The van der Waals surface area contributed by atoms with Crippen LogP contribution in [0.15, 0.2) is 54.7 Å². The molecule has 3 rings (SSSR count). The molecule has 3 aromatic rings. The van der Waals surface area contributed by atoms with Crippen LogP contribution in [0.3, 0.4) is 0 Å². The van der Waals surface area contributed by atoms with Gasteiger partial charge in [0.2, 0.25) is 5.95 Å². The topological polar surface area (TPSA) is 76.1 Å². The van der Waals surface area contributed by atoms with Crippen LogP contribution in [0.2, 0.25) is 0 Å². The molecule has 0 atom stereocenters. The lowest BCUT2D eigenvalue weighted by molar-refractivity contribution is 0.102. The number of ether oxygens (including phenoxy) is 1. The molecular weight excluding hydrogens is 352 g/mol. The Hall–Kier alpha value is -3.41. The Labute approximate surface area is 165 Å². The fourth-order valence-electron chi connectivity index (χ4n) is 2.90. The Kier molecular flexibility index (Phi) is 6.22. The van der Waals surface area contributed by atoms with Gasteiger partial charge in [-0.15, -0.1) is 0 Å². The highest BCUT2D eigenvalue weighted by molar-refractivity contribution is 6.03. The summed E-state index contributed by atoms with van der Waals surface area (Å²) in [5, 5.41) is 6.11. The molecule has 0 spiro atoms. The van der Waals surface area contributed by atoms with Gasteiger partial charge in [0.15, 0.2) is 0 Å². The summed E-state index contributed by atoms with van der Waals surface area (Å²) in [6, 6.07) is 15.1. The molecule has 6 heteroatoms. The lowest BCUT2D eigenvalue weighted by Gasteiger charge is -2.13. The van der Waals surface area contributed by atoms with E-state index in [1.165, 1.54) is 0 Å². The second kappa shape index (κ2) is 8.99. The molecule has 144 valence electrons. The molecule has 0 radical (unpaired) electrons.